The molecule has 2 aliphatic rings. The molecule has 2 heterocycles. The maximum Gasteiger partial charge on any atom is 0.224 e. The van der Waals surface area contributed by atoms with Crippen LogP contribution in [0, 0.1) is 11.8 Å². The number of fused-ring (bicyclic) bond motifs is 1. The van der Waals surface area contributed by atoms with Gasteiger partial charge in [-0.1, -0.05) is 13.0 Å². The molecule has 27 heavy (non-hydrogen) atoms. The second-order valence-corrected chi connectivity index (χ2v) is 7.86. The number of amides is 1. The molecule has 2 N–H and O–H groups in total. The molecule has 1 aliphatic carbocycles. The summed E-state index contributed by atoms with van der Waals surface area (Å²) in [5, 5.41) is 4.40. The van der Waals surface area contributed by atoms with Crippen molar-refractivity contribution in [3.63, 3.8) is 0 Å². The molecule has 3 atom stereocenters. The Morgan fingerprint density at radius 2 is 2.11 bits per heavy atom. The number of benzene rings is 1. The summed E-state index contributed by atoms with van der Waals surface area (Å²) >= 11 is 0. The third-order valence-corrected chi connectivity index (χ3v) is 5.98. The monoisotopic (exact) mass is 368 g/mol. The van der Waals surface area contributed by atoms with Crippen LogP contribution in [0.3, 0.4) is 0 Å². The van der Waals surface area contributed by atoms with Gasteiger partial charge in [0, 0.05) is 43.6 Å². The molecule has 6 heteroatoms. The number of rotatable bonds is 5. The summed E-state index contributed by atoms with van der Waals surface area (Å²) < 4.78 is 7.00. The number of ether oxygens (including phenoxy) is 1. The van der Waals surface area contributed by atoms with Crippen molar-refractivity contribution in [2.45, 2.75) is 45.3 Å². The van der Waals surface area contributed by atoms with Gasteiger partial charge in [-0.25, -0.2) is 0 Å². The summed E-state index contributed by atoms with van der Waals surface area (Å²) in [5.74, 6) is 0.933. The molecular formula is C21H28N4O2. The Balaban J connectivity index is 1.70. The lowest BCUT2D eigenvalue weighted by Crippen LogP contribution is -2.51. The quantitative estimate of drug-likeness (QED) is 0.880. The maximum absolute atomic E-state index is 12.5. The summed E-state index contributed by atoms with van der Waals surface area (Å²) in [6.07, 6.45) is 6.28. The second kappa shape index (κ2) is 7.09. The molecule has 1 aliphatic heterocycles. The van der Waals surface area contributed by atoms with E-state index in [0.29, 0.717) is 12.5 Å². The van der Waals surface area contributed by atoms with E-state index in [2.05, 4.69) is 30.2 Å². The van der Waals surface area contributed by atoms with E-state index in [9.17, 15) is 4.79 Å². The molecule has 0 unspecified atom stereocenters. The number of carbonyl (C=O) groups is 1. The molecule has 1 aromatic carbocycles. The van der Waals surface area contributed by atoms with E-state index in [4.69, 9.17) is 10.5 Å². The number of hydrogen-bond acceptors (Lipinski definition) is 4. The van der Waals surface area contributed by atoms with Crippen LogP contribution < -0.4 is 10.6 Å². The first kappa shape index (κ1) is 18.2. The van der Waals surface area contributed by atoms with Crippen LogP contribution in [0.5, 0.6) is 0 Å². The van der Waals surface area contributed by atoms with Crippen molar-refractivity contribution >= 4 is 11.6 Å². The predicted molar refractivity (Wildman–Crippen MR) is 105 cm³/mol. The van der Waals surface area contributed by atoms with Crippen LogP contribution in [-0.4, -0.2) is 35.4 Å². The lowest BCUT2D eigenvalue weighted by molar-refractivity contribution is -0.117. The Morgan fingerprint density at radius 3 is 2.78 bits per heavy atom. The van der Waals surface area contributed by atoms with Gasteiger partial charge in [0.15, 0.2) is 0 Å². The number of aromatic nitrogens is 2. The van der Waals surface area contributed by atoms with Crippen molar-refractivity contribution in [1.82, 2.24) is 9.78 Å². The number of nitrogens with zero attached hydrogens (tertiary/aromatic N) is 3. The predicted octanol–water partition coefficient (Wildman–Crippen LogP) is 2.98. The average Bonchev–Trinajstić information content (AvgIpc) is 3.39. The Hall–Kier alpha value is -2.18. The summed E-state index contributed by atoms with van der Waals surface area (Å²) in [6.45, 7) is 5.20. The fourth-order valence-corrected chi connectivity index (χ4v) is 4.39. The number of nitrogens with two attached hydrogens (primary N) is 1. The lowest BCUT2D eigenvalue weighted by Gasteiger charge is -2.44. The van der Waals surface area contributed by atoms with Crippen molar-refractivity contribution in [1.29, 1.82) is 0 Å². The number of methoxy groups -OCH3 is 1. The fraction of sp³-hybridized carbons (Fsp3) is 0.524. The van der Waals surface area contributed by atoms with Crippen molar-refractivity contribution in [2.75, 3.05) is 18.6 Å². The normalized spacial score (nSPS) is 24.7. The first-order chi connectivity index (χ1) is 13.0. The topological polar surface area (TPSA) is 73.4 Å². The molecule has 0 bridgehead atoms. The Bertz CT molecular complexity index is 842. The molecule has 1 aromatic heterocycles. The van der Waals surface area contributed by atoms with Gasteiger partial charge in [0.25, 0.3) is 0 Å². The number of carbonyl (C=O) groups excluding carboxylic acids is 1. The number of anilines is 1. The molecular weight excluding hydrogens is 340 g/mol. The smallest absolute Gasteiger partial charge is 0.224 e. The van der Waals surface area contributed by atoms with Crippen LogP contribution in [0.2, 0.25) is 0 Å². The van der Waals surface area contributed by atoms with E-state index in [0.717, 1.165) is 28.9 Å². The van der Waals surface area contributed by atoms with E-state index in [1.54, 1.807) is 14.0 Å². The minimum absolute atomic E-state index is 0.0651. The van der Waals surface area contributed by atoms with Gasteiger partial charge in [-0.2, -0.15) is 5.10 Å². The minimum Gasteiger partial charge on any atom is -0.383 e. The molecule has 6 nitrogen and oxygen atoms in total. The van der Waals surface area contributed by atoms with E-state index < -0.39 is 0 Å². The standard InChI is InChI=1S/C21H28N4O2/c1-13-20(22)18-10-16(17-11-23-24(12-17)8-9-27-3)6-7-19(18)25(14(2)26)21(13)15-4-5-15/h6-7,10-13,15,20-21H,4-5,8-9,22H2,1-3H3/t13-,20+,21+/m0/s1. The zero-order chi connectivity index (χ0) is 19.1. The van der Waals surface area contributed by atoms with Gasteiger partial charge >= 0.3 is 0 Å². The highest BCUT2D eigenvalue weighted by molar-refractivity contribution is 5.94. The molecule has 1 saturated carbocycles. The zero-order valence-corrected chi connectivity index (χ0v) is 16.3. The Kier molecular flexibility index (Phi) is 4.78. The van der Waals surface area contributed by atoms with Gasteiger partial charge in [-0.3, -0.25) is 9.48 Å². The fourth-order valence-electron chi connectivity index (χ4n) is 4.39. The summed E-state index contributed by atoms with van der Waals surface area (Å²) in [4.78, 5) is 14.5. The first-order valence-corrected chi connectivity index (χ1v) is 9.72. The maximum atomic E-state index is 12.5. The second-order valence-electron chi connectivity index (χ2n) is 7.86. The number of hydrogen-bond donors (Lipinski definition) is 1. The molecule has 0 radical (unpaired) electrons. The lowest BCUT2D eigenvalue weighted by atomic mass is 9.80. The molecule has 0 spiro atoms. The highest BCUT2D eigenvalue weighted by Crippen LogP contribution is 2.48. The van der Waals surface area contributed by atoms with Gasteiger partial charge in [0.2, 0.25) is 5.91 Å². The zero-order valence-electron chi connectivity index (χ0n) is 16.3. The van der Waals surface area contributed by atoms with Gasteiger partial charge in [-0.15, -0.1) is 0 Å². The molecule has 144 valence electrons. The van der Waals surface area contributed by atoms with E-state index in [1.165, 1.54) is 12.8 Å². The SMILES string of the molecule is COCCn1cc(-c2ccc3c(c2)[C@H](N)[C@H](C)[C@H](C2CC2)N3C(C)=O)cn1. The van der Waals surface area contributed by atoms with Gasteiger partial charge in [0.1, 0.15) is 0 Å². The largest absolute Gasteiger partial charge is 0.383 e. The third-order valence-electron chi connectivity index (χ3n) is 5.98. The van der Waals surface area contributed by atoms with E-state index in [-0.39, 0.29) is 23.9 Å². The molecule has 1 fully saturated rings. The van der Waals surface area contributed by atoms with Crippen LogP contribution in [0.15, 0.2) is 30.6 Å². The Morgan fingerprint density at radius 1 is 1.33 bits per heavy atom. The van der Waals surface area contributed by atoms with Gasteiger partial charge in [-0.05, 0) is 47.9 Å². The van der Waals surface area contributed by atoms with Crippen molar-refractivity contribution in [3.05, 3.63) is 36.2 Å². The minimum atomic E-state index is -0.0651. The van der Waals surface area contributed by atoms with Gasteiger partial charge < -0.3 is 15.4 Å². The van der Waals surface area contributed by atoms with Crippen molar-refractivity contribution < 1.29 is 9.53 Å². The molecule has 0 saturated heterocycles. The van der Waals surface area contributed by atoms with Crippen LogP contribution in [-0.2, 0) is 16.1 Å². The summed E-state index contributed by atoms with van der Waals surface area (Å²) in [7, 11) is 1.69. The summed E-state index contributed by atoms with van der Waals surface area (Å²) in [6, 6.07) is 6.41. The van der Waals surface area contributed by atoms with Crippen LogP contribution in [0.4, 0.5) is 5.69 Å². The molecule has 2 aromatic rings. The highest BCUT2D eigenvalue weighted by Gasteiger charge is 2.46. The van der Waals surface area contributed by atoms with E-state index in [1.807, 2.05) is 22.0 Å². The van der Waals surface area contributed by atoms with Gasteiger partial charge in [0.05, 0.1) is 19.3 Å². The first-order valence-electron chi connectivity index (χ1n) is 9.72. The molecule has 1 amide bonds. The molecule has 4 rings (SSSR count). The third kappa shape index (κ3) is 3.28. The van der Waals surface area contributed by atoms with Crippen molar-refractivity contribution in [2.24, 2.45) is 17.6 Å². The van der Waals surface area contributed by atoms with Crippen LogP contribution >= 0.6 is 0 Å². The van der Waals surface area contributed by atoms with Crippen LogP contribution in [0.1, 0.15) is 38.3 Å². The van der Waals surface area contributed by atoms with E-state index >= 15 is 0 Å². The highest BCUT2D eigenvalue weighted by atomic mass is 16.5. The summed E-state index contributed by atoms with van der Waals surface area (Å²) in [5.41, 5.74) is 10.8. The average molecular weight is 368 g/mol. The Labute approximate surface area is 160 Å². The van der Waals surface area contributed by atoms with Crippen molar-refractivity contribution in [3.8, 4) is 11.1 Å². The van der Waals surface area contributed by atoms with Crippen LogP contribution in [0.25, 0.3) is 11.1 Å².